The fraction of sp³-hybridized carbons (Fsp3) is 0.444. The first-order valence-electron chi connectivity index (χ1n) is 11.0. The van der Waals surface area contributed by atoms with Crippen LogP contribution in [0, 0.1) is 5.92 Å². The number of halogens is 2. The van der Waals surface area contributed by atoms with Gasteiger partial charge in [0.25, 0.3) is 0 Å². The van der Waals surface area contributed by atoms with Crippen LogP contribution in [-0.4, -0.2) is 0 Å². The van der Waals surface area contributed by atoms with E-state index < -0.39 is 0 Å². The second kappa shape index (κ2) is 13.2. The van der Waals surface area contributed by atoms with Crippen molar-refractivity contribution in [2.45, 2.75) is 71.1 Å². The zero-order chi connectivity index (χ0) is 18.6. The Morgan fingerprint density at radius 1 is 0.933 bits per heavy atom. The van der Waals surface area contributed by atoms with E-state index in [1.54, 1.807) is 5.56 Å². The molecular weight excluding hydrogens is 486 g/mol. The summed E-state index contributed by atoms with van der Waals surface area (Å²) < 4.78 is 0. The minimum absolute atomic E-state index is 0. The Morgan fingerprint density at radius 3 is 2.23 bits per heavy atom. The van der Waals surface area contributed by atoms with Crippen LogP contribution in [0.4, 0.5) is 0 Å². The Bertz CT molecular complexity index is 874. The molecule has 30 heavy (non-hydrogen) atoms. The van der Waals surface area contributed by atoms with E-state index in [4.69, 9.17) is 0 Å². The molecule has 0 N–H and O–H groups in total. The number of fused-ring (bicyclic) bond motifs is 1. The molecule has 1 aliphatic rings. The van der Waals surface area contributed by atoms with Crippen LogP contribution in [0.15, 0.2) is 54.6 Å². The average molecular weight is 522 g/mol. The summed E-state index contributed by atoms with van der Waals surface area (Å²) in [6.07, 6.45) is 11.0. The number of benzene rings is 2. The molecule has 0 heterocycles. The number of rotatable bonds is 5. The number of hydrogen-bond acceptors (Lipinski definition) is 0. The molecule has 1 aliphatic carbocycles. The molecular formula is C27H35Cl2Zr-. The van der Waals surface area contributed by atoms with E-state index in [-0.39, 0.29) is 51.0 Å². The summed E-state index contributed by atoms with van der Waals surface area (Å²) in [5.74, 6) is 1.53. The van der Waals surface area contributed by atoms with Crippen LogP contribution in [0.1, 0.15) is 75.8 Å². The van der Waals surface area contributed by atoms with Gasteiger partial charge in [-0.05, 0) is 35.8 Å². The zero-order valence-electron chi connectivity index (χ0n) is 18.3. The average Bonchev–Trinajstić information content (AvgIpc) is 2.94. The van der Waals surface area contributed by atoms with Gasteiger partial charge in [0.15, 0.2) is 0 Å². The van der Waals surface area contributed by atoms with Crippen molar-refractivity contribution in [1.29, 1.82) is 0 Å². The first-order valence-corrected chi connectivity index (χ1v) is 11.0. The van der Waals surface area contributed by atoms with Crippen LogP contribution in [0.3, 0.4) is 0 Å². The van der Waals surface area contributed by atoms with Crippen molar-refractivity contribution in [2.75, 3.05) is 0 Å². The van der Waals surface area contributed by atoms with Crippen LogP contribution >= 0.6 is 24.8 Å². The maximum absolute atomic E-state index is 2.47. The molecule has 3 aromatic carbocycles. The van der Waals surface area contributed by atoms with Crippen LogP contribution in [0.5, 0.6) is 0 Å². The Morgan fingerprint density at radius 2 is 1.60 bits per heavy atom. The maximum Gasteiger partial charge on any atom is 0 e. The molecule has 0 spiro atoms. The first kappa shape index (κ1) is 27.5. The molecule has 4 rings (SSSR count). The van der Waals surface area contributed by atoms with Gasteiger partial charge in [-0.2, -0.15) is 6.07 Å². The summed E-state index contributed by atoms with van der Waals surface area (Å²) >= 11 is 0. The molecule has 162 valence electrons. The van der Waals surface area contributed by atoms with Crippen molar-refractivity contribution < 1.29 is 26.2 Å². The molecule has 0 aromatic heterocycles. The monoisotopic (exact) mass is 519 g/mol. The van der Waals surface area contributed by atoms with Gasteiger partial charge in [-0.1, -0.05) is 88.3 Å². The van der Waals surface area contributed by atoms with Gasteiger partial charge in [0, 0.05) is 26.2 Å². The van der Waals surface area contributed by atoms with E-state index >= 15 is 0 Å². The Hall–Kier alpha value is -0.487. The largest absolute Gasteiger partial charge is 0.164 e. The second-order valence-electron chi connectivity index (χ2n) is 8.67. The van der Waals surface area contributed by atoms with E-state index in [2.05, 4.69) is 68.4 Å². The van der Waals surface area contributed by atoms with Crippen molar-refractivity contribution in [3.05, 3.63) is 65.7 Å². The second-order valence-corrected chi connectivity index (χ2v) is 8.67. The third kappa shape index (κ3) is 6.51. The molecule has 3 heteroatoms. The van der Waals surface area contributed by atoms with Gasteiger partial charge in [-0.15, -0.1) is 59.3 Å². The topological polar surface area (TPSA) is 0 Å². The Balaban J connectivity index is 0.00000150. The molecule has 0 bridgehead atoms. The summed E-state index contributed by atoms with van der Waals surface area (Å²) in [6.45, 7) is 4.58. The first-order chi connectivity index (χ1) is 13.2. The molecule has 1 atom stereocenters. The Labute approximate surface area is 214 Å². The summed E-state index contributed by atoms with van der Waals surface area (Å²) in [5.41, 5.74) is 5.72. The van der Waals surface area contributed by atoms with Gasteiger partial charge in [-0.3, -0.25) is 0 Å². The van der Waals surface area contributed by atoms with Crippen LogP contribution in [0.2, 0.25) is 0 Å². The minimum Gasteiger partial charge on any atom is -0.164 e. The SMILES string of the molecule is CCC(C)c1ccc(-c2cccc3[cH-]c(CC4CCCCCC4)cc23)cc1.Cl.Cl.[Zr]. The summed E-state index contributed by atoms with van der Waals surface area (Å²) in [4.78, 5) is 0. The molecule has 3 aromatic rings. The van der Waals surface area contributed by atoms with E-state index in [1.165, 1.54) is 78.8 Å². The molecule has 0 nitrogen and oxygen atoms in total. The van der Waals surface area contributed by atoms with Crippen molar-refractivity contribution in [2.24, 2.45) is 5.92 Å². The van der Waals surface area contributed by atoms with Crippen LogP contribution in [-0.2, 0) is 32.6 Å². The van der Waals surface area contributed by atoms with Crippen molar-refractivity contribution in [3.8, 4) is 11.1 Å². The predicted octanol–water partition coefficient (Wildman–Crippen LogP) is 9.09. The van der Waals surface area contributed by atoms with E-state index in [1.807, 2.05) is 0 Å². The van der Waals surface area contributed by atoms with E-state index in [0.29, 0.717) is 5.92 Å². The molecule has 1 fully saturated rings. The predicted molar refractivity (Wildman–Crippen MR) is 133 cm³/mol. The fourth-order valence-corrected chi connectivity index (χ4v) is 4.79. The van der Waals surface area contributed by atoms with Gasteiger partial charge < -0.3 is 0 Å². The van der Waals surface area contributed by atoms with Crippen molar-refractivity contribution in [3.63, 3.8) is 0 Å². The normalized spacial score (nSPS) is 15.4. The third-order valence-electron chi connectivity index (χ3n) is 6.71. The van der Waals surface area contributed by atoms with Crippen molar-refractivity contribution in [1.82, 2.24) is 0 Å². The van der Waals surface area contributed by atoms with Gasteiger partial charge in [0.05, 0.1) is 0 Å². The minimum atomic E-state index is 0. The molecule has 0 saturated heterocycles. The number of hydrogen-bond donors (Lipinski definition) is 0. The molecule has 1 saturated carbocycles. The standard InChI is InChI=1S/C27H33.2ClH.Zr/c1-3-20(2)23-13-15-24(16-14-23)26-12-8-11-25-18-22(19-27(25)26)17-21-9-6-4-5-7-10-21;;;/h8,11-16,18-21H,3-7,9-10,17H2,1-2H3;2*1H;/q-1;;;. The molecule has 1 unspecified atom stereocenters. The van der Waals surface area contributed by atoms with Gasteiger partial charge in [0.2, 0.25) is 0 Å². The van der Waals surface area contributed by atoms with Crippen LogP contribution < -0.4 is 0 Å². The van der Waals surface area contributed by atoms with E-state index in [9.17, 15) is 0 Å². The third-order valence-corrected chi connectivity index (χ3v) is 6.71. The Kier molecular flexibility index (Phi) is 12.1. The smallest absolute Gasteiger partial charge is 0 e. The van der Waals surface area contributed by atoms with Crippen molar-refractivity contribution >= 4 is 35.6 Å². The summed E-state index contributed by atoms with van der Waals surface area (Å²) in [6, 6.07) is 21.0. The molecule has 0 aliphatic heterocycles. The zero-order valence-corrected chi connectivity index (χ0v) is 22.4. The quantitative estimate of drug-likeness (QED) is 0.232. The maximum atomic E-state index is 2.47. The molecule has 0 radical (unpaired) electrons. The van der Waals surface area contributed by atoms with Gasteiger partial charge >= 0.3 is 0 Å². The van der Waals surface area contributed by atoms with Gasteiger partial charge in [-0.25, -0.2) is 0 Å². The molecule has 0 amide bonds. The summed E-state index contributed by atoms with van der Waals surface area (Å²) in [7, 11) is 0. The summed E-state index contributed by atoms with van der Waals surface area (Å²) in [5, 5.41) is 2.83. The fourth-order valence-electron chi connectivity index (χ4n) is 4.79. The van der Waals surface area contributed by atoms with Gasteiger partial charge in [0.1, 0.15) is 0 Å². The van der Waals surface area contributed by atoms with E-state index in [0.717, 1.165) is 5.92 Å². The van der Waals surface area contributed by atoms with Crippen LogP contribution in [0.25, 0.3) is 21.9 Å².